The molecule has 19 heavy (non-hydrogen) atoms. The standard InChI is InChI=1S/C16H30O2Si/c1-8-9-10-13-14(17)11-12(2)15(13)18-19(6,7)16(3,4)5/h10,12,15H,8-9,11H2,1-7H3. The Hall–Kier alpha value is -0.413. The average Bonchev–Trinajstić information content (AvgIpc) is 2.49. The molecular weight excluding hydrogens is 252 g/mol. The van der Waals surface area contributed by atoms with Crippen LogP contribution in [0.4, 0.5) is 0 Å². The lowest BCUT2D eigenvalue weighted by Gasteiger charge is -2.39. The van der Waals surface area contributed by atoms with E-state index in [9.17, 15) is 4.79 Å². The molecule has 0 N–H and O–H groups in total. The summed E-state index contributed by atoms with van der Waals surface area (Å²) < 4.78 is 6.51. The van der Waals surface area contributed by atoms with Crippen LogP contribution < -0.4 is 0 Å². The third-order valence-corrected chi connectivity index (χ3v) is 8.99. The number of Topliss-reactive ketones (excluding diaryl/α,β-unsaturated/α-hetero) is 1. The molecule has 0 aromatic carbocycles. The van der Waals surface area contributed by atoms with Gasteiger partial charge in [-0.05, 0) is 30.5 Å². The van der Waals surface area contributed by atoms with Crippen molar-refractivity contribution >= 4 is 14.1 Å². The zero-order chi connectivity index (χ0) is 14.8. The fourth-order valence-electron chi connectivity index (χ4n) is 2.19. The molecule has 0 aromatic heterocycles. The summed E-state index contributed by atoms with van der Waals surface area (Å²) in [5.74, 6) is 0.620. The number of rotatable bonds is 4. The Morgan fingerprint density at radius 1 is 1.37 bits per heavy atom. The maximum Gasteiger partial charge on any atom is 0.192 e. The van der Waals surface area contributed by atoms with Crippen LogP contribution in [-0.4, -0.2) is 20.2 Å². The van der Waals surface area contributed by atoms with Gasteiger partial charge in [0.15, 0.2) is 14.1 Å². The van der Waals surface area contributed by atoms with E-state index in [0.29, 0.717) is 18.1 Å². The summed E-state index contributed by atoms with van der Waals surface area (Å²) in [5.41, 5.74) is 0.944. The van der Waals surface area contributed by atoms with E-state index in [1.54, 1.807) is 0 Å². The van der Waals surface area contributed by atoms with Gasteiger partial charge in [-0.3, -0.25) is 4.79 Å². The van der Waals surface area contributed by atoms with Crippen LogP contribution in [0.3, 0.4) is 0 Å². The zero-order valence-electron chi connectivity index (χ0n) is 13.7. The lowest BCUT2D eigenvalue weighted by molar-refractivity contribution is -0.114. The van der Waals surface area contributed by atoms with Crippen LogP contribution >= 0.6 is 0 Å². The molecule has 0 bridgehead atoms. The van der Waals surface area contributed by atoms with Crippen molar-refractivity contribution in [2.24, 2.45) is 5.92 Å². The molecule has 1 aliphatic carbocycles. The van der Waals surface area contributed by atoms with Crippen LogP contribution in [0, 0.1) is 5.92 Å². The van der Waals surface area contributed by atoms with Crippen molar-refractivity contribution in [1.82, 2.24) is 0 Å². The first kappa shape index (κ1) is 16.6. The lowest BCUT2D eigenvalue weighted by Crippen LogP contribution is -2.45. The first-order valence-corrected chi connectivity index (χ1v) is 10.4. The Bertz CT molecular complexity index is 363. The van der Waals surface area contributed by atoms with Crippen LogP contribution in [0.2, 0.25) is 18.1 Å². The molecule has 2 unspecified atom stereocenters. The number of hydrogen-bond acceptors (Lipinski definition) is 2. The van der Waals surface area contributed by atoms with E-state index in [1.165, 1.54) is 0 Å². The van der Waals surface area contributed by atoms with Crippen LogP contribution in [0.1, 0.15) is 53.9 Å². The number of ketones is 1. The highest BCUT2D eigenvalue weighted by atomic mass is 28.4. The number of carbonyl (C=O) groups excluding carboxylic acids is 1. The van der Waals surface area contributed by atoms with E-state index >= 15 is 0 Å². The summed E-state index contributed by atoms with van der Waals surface area (Å²) in [6.45, 7) is 15.5. The smallest absolute Gasteiger partial charge is 0.192 e. The second-order valence-corrected chi connectivity index (χ2v) is 12.1. The van der Waals surface area contributed by atoms with Gasteiger partial charge >= 0.3 is 0 Å². The van der Waals surface area contributed by atoms with Crippen molar-refractivity contribution in [1.29, 1.82) is 0 Å². The van der Waals surface area contributed by atoms with Gasteiger partial charge in [0.1, 0.15) is 0 Å². The summed E-state index contributed by atoms with van der Waals surface area (Å²) in [6, 6.07) is 0. The van der Waals surface area contributed by atoms with Gasteiger partial charge in [-0.1, -0.05) is 47.1 Å². The predicted octanol–water partition coefficient (Wildman–Crippen LogP) is 4.71. The third-order valence-electron chi connectivity index (χ3n) is 4.53. The lowest BCUT2D eigenvalue weighted by atomic mass is 10.1. The first-order valence-electron chi connectivity index (χ1n) is 7.51. The fourth-order valence-corrected chi connectivity index (χ4v) is 3.53. The van der Waals surface area contributed by atoms with Crippen molar-refractivity contribution in [3.8, 4) is 0 Å². The van der Waals surface area contributed by atoms with Crippen LogP contribution in [-0.2, 0) is 9.22 Å². The molecule has 1 fully saturated rings. The van der Waals surface area contributed by atoms with Gasteiger partial charge in [-0.2, -0.15) is 0 Å². The van der Waals surface area contributed by atoms with Gasteiger partial charge in [0.05, 0.1) is 6.10 Å². The largest absolute Gasteiger partial charge is 0.410 e. The average molecular weight is 282 g/mol. The van der Waals surface area contributed by atoms with Gasteiger partial charge in [0.25, 0.3) is 0 Å². The highest BCUT2D eigenvalue weighted by Crippen LogP contribution is 2.41. The summed E-state index contributed by atoms with van der Waals surface area (Å²) in [6.07, 6.45) is 4.85. The number of hydrogen-bond donors (Lipinski definition) is 0. The molecule has 0 saturated heterocycles. The number of allylic oxidation sites excluding steroid dienone is 1. The maximum atomic E-state index is 12.1. The number of carbonyl (C=O) groups is 1. The Kier molecular flexibility index (Phi) is 5.19. The van der Waals surface area contributed by atoms with Crippen molar-refractivity contribution in [2.45, 2.75) is 78.1 Å². The molecule has 1 rings (SSSR count). The zero-order valence-corrected chi connectivity index (χ0v) is 14.7. The van der Waals surface area contributed by atoms with Gasteiger partial charge in [0.2, 0.25) is 0 Å². The molecule has 1 saturated carbocycles. The van der Waals surface area contributed by atoms with Crippen molar-refractivity contribution in [3.05, 3.63) is 11.6 Å². The number of unbranched alkanes of at least 4 members (excludes halogenated alkanes) is 1. The summed E-state index contributed by atoms with van der Waals surface area (Å²) in [5, 5.41) is 0.189. The quantitative estimate of drug-likeness (QED) is 0.551. The van der Waals surface area contributed by atoms with E-state index in [0.717, 1.165) is 18.4 Å². The Labute approximate surface area is 119 Å². The van der Waals surface area contributed by atoms with Gasteiger partial charge in [0, 0.05) is 12.0 Å². The Morgan fingerprint density at radius 3 is 2.42 bits per heavy atom. The first-order chi connectivity index (χ1) is 8.60. The van der Waals surface area contributed by atoms with E-state index in [-0.39, 0.29) is 11.1 Å². The minimum absolute atomic E-state index is 0.0277. The summed E-state index contributed by atoms with van der Waals surface area (Å²) in [7, 11) is -1.82. The molecule has 3 heteroatoms. The van der Waals surface area contributed by atoms with Crippen molar-refractivity contribution in [3.63, 3.8) is 0 Å². The molecule has 2 nitrogen and oxygen atoms in total. The highest BCUT2D eigenvalue weighted by molar-refractivity contribution is 6.74. The van der Waals surface area contributed by atoms with Gasteiger partial charge in [-0.15, -0.1) is 0 Å². The fraction of sp³-hybridized carbons (Fsp3) is 0.812. The van der Waals surface area contributed by atoms with E-state index in [4.69, 9.17) is 4.43 Å². The molecule has 0 aromatic rings. The molecular formula is C16H30O2Si. The predicted molar refractivity (Wildman–Crippen MR) is 83.8 cm³/mol. The highest BCUT2D eigenvalue weighted by Gasteiger charge is 2.44. The SMILES string of the molecule is CCCC=C1C(=O)CC(C)C1O[Si](C)(C)C(C)(C)C. The van der Waals surface area contributed by atoms with Crippen LogP contribution in [0.25, 0.3) is 0 Å². The Balaban J connectivity index is 2.94. The molecule has 0 amide bonds. The van der Waals surface area contributed by atoms with Gasteiger partial charge < -0.3 is 4.43 Å². The topological polar surface area (TPSA) is 26.3 Å². The molecule has 0 radical (unpaired) electrons. The van der Waals surface area contributed by atoms with Crippen LogP contribution in [0.15, 0.2) is 11.6 Å². The van der Waals surface area contributed by atoms with E-state index in [2.05, 4.69) is 53.8 Å². The summed E-state index contributed by atoms with van der Waals surface area (Å²) in [4.78, 5) is 12.1. The summed E-state index contributed by atoms with van der Waals surface area (Å²) >= 11 is 0. The molecule has 1 aliphatic rings. The molecule has 0 heterocycles. The van der Waals surface area contributed by atoms with Gasteiger partial charge in [-0.25, -0.2) is 0 Å². The monoisotopic (exact) mass is 282 g/mol. The maximum absolute atomic E-state index is 12.1. The minimum atomic E-state index is -1.82. The van der Waals surface area contributed by atoms with Crippen LogP contribution in [0.5, 0.6) is 0 Å². The normalized spacial score (nSPS) is 27.3. The minimum Gasteiger partial charge on any atom is -0.410 e. The van der Waals surface area contributed by atoms with Crippen molar-refractivity contribution < 1.29 is 9.22 Å². The van der Waals surface area contributed by atoms with E-state index in [1.807, 2.05) is 0 Å². The molecule has 2 atom stereocenters. The Morgan fingerprint density at radius 2 is 1.95 bits per heavy atom. The van der Waals surface area contributed by atoms with Crippen molar-refractivity contribution in [2.75, 3.05) is 0 Å². The second-order valence-electron chi connectivity index (χ2n) is 7.35. The van der Waals surface area contributed by atoms with E-state index < -0.39 is 8.32 Å². The third kappa shape index (κ3) is 3.79. The second kappa shape index (κ2) is 5.92. The molecule has 0 spiro atoms. The molecule has 0 aliphatic heterocycles. The molecule has 110 valence electrons.